The molecule has 0 aromatic carbocycles. The van der Waals surface area contributed by atoms with Crippen LogP contribution in [-0.2, 0) is 14.7 Å². The Labute approximate surface area is 175 Å². The quantitative estimate of drug-likeness (QED) is 0.628. The molecule has 2 bridgehead atoms. The maximum absolute atomic E-state index is 12.4. The van der Waals surface area contributed by atoms with Crippen molar-refractivity contribution in [3.8, 4) is 0 Å². The number of amides is 2. The Kier molecular flexibility index (Phi) is 8.52. The Bertz CT molecular complexity index is 571. The molecule has 2 heterocycles. The highest BCUT2D eigenvalue weighted by molar-refractivity contribution is 5.77. The van der Waals surface area contributed by atoms with Crippen LogP contribution in [0.2, 0.25) is 0 Å². The van der Waals surface area contributed by atoms with Crippen LogP contribution < -0.4 is 10.6 Å². The molecule has 3 atom stereocenters. The first kappa shape index (κ1) is 23.7. The molecule has 0 aromatic heterocycles. The molecule has 1 radical (unpaired) electrons. The molecule has 7 nitrogen and oxygen atoms in total. The van der Waals surface area contributed by atoms with Crippen molar-refractivity contribution in [3.05, 3.63) is 12.2 Å². The van der Waals surface area contributed by atoms with E-state index in [1.807, 2.05) is 32.9 Å². The largest absolute Gasteiger partial charge is 0.444 e. The number of ether oxygens (including phenoxy) is 1. The zero-order valence-electron chi connectivity index (χ0n) is 18.6. The predicted octanol–water partition coefficient (Wildman–Crippen LogP) is 3.72. The van der Waals surface area contributed by atoms with Crippen LogP contribution in [0.3, 0.4) is 0 Å². The number of hydroxylamine groups is 2. The number of piperidine rings is 2. The number of carbonyl (C=O) groups excluding carboxylic acids is 2. The topological polar surface area (TPSA) is 90.6 Å². The number of nitrogens with one attached hydrogen (secondary N) is 2. The zero-order chi connectivity index (χ0) is 21.6. The first-order chi connectivity index (χ1) is 13.5. The van der Waals surface area contributed by atoms with E-state index >= 15 is 0 Å². The lowest BCUT2D eigenvalue weighted by molar-refractivity contribution is -0.246. The monoisotopic (exact) mass is 408 g/mol. The van der Waals surface area contributed by atoms with E-state index in [4.69, 9.17) is 4.74 Å². The van der Waals surface area contributed by atoms with Crippen LogP contribution in [0.5, 0.6) is 0 Å². The van der Waals surface area contributed by atoms with Crippen molar-refractivity contribution in [1.82, 2.24) is 15.7 Å². The fourth-order valence-corrected chi connectivity index (χ4v) is 4.23. The minimum atomic E-state index is -0.548. The van der Waals surface area contributed by atoms with E-state index in [0.29, 0.717) is 5.92 Å². The van der Waals surface area contributed by atoms with Crippen LogP contribution in [0.4, 0.5) is 4.79 Å². The van der Waals surface area contributed by atoms with Crippen LogP contribution >= 0.6 is 0 Å². The predicted molar refractivity (Wildman–Crippen MR) is 111 cm³/mol. The summed E-state index contributed by atoms with van der Waals surface area (Å²) in [6.45, 7) is 9.66. The smallest absolute Gasteiger partial charge is 0.408 e. The lowest BCUT2D eigenvalue weighted by Crippen LogP contribution is -2.55. The number of rotatable bonds is 7. The average Bonchev–Trinajstić information content (AvgIpc) is 2.53. The van der Waals surface area contributed by atoms with Crippen LogP contribution in [0.1, 0.15) is 79.6 Å². The van der Waals surface area contributed by atoms with Gasteiger partial charge in [0, 0.05) is 24.5 Å². The van der Waals surface area contributed by atoms with Crippen LogP contribution in [-0.4, -0.2) is 46.8 Å². The molecule has 2 aliphatic heterocycles. The van der Waals surface area contributed by atoms with E-state index in [2.05, 4.69) is 24.5 Å². The number of nitrogens with zero attached hydrogens (tertiary/aromatic N) is 1. The van der Waals surface area contributed by atoms with Gasteiger partial charge in [-0.2, -0.15) is 0 Å². The lowest BCUT2D eigenvalue weighted by atomic mass is 9.83. The summed E-state index contributed by atoms with van der Waals surface area (Å²) in [5.41, 5.74) is -0.548. The van der Waals surface area contributed by atoms with E-state index in [9.17, 15) is 14.8 Å². The molecule has 0 aromatic rings. The summed E-state index contributed by atoms with van der Waals surface area (Å²) >= 11 is 0. The summed E-state index contributed by atoms with van der Waals surface area (Å²) in [6, 6.07) is 0.0112. The van der Waals surface area contributed by atoms with Gasteiger partial charge in [0.15, 0.2) is 0 Å². The molecule has 2 unspecified atom stereocenters. The maximum atomic E-state index is 12.4. The molecule has 2 saturated heterocycles. The highest BCUT2D eigenvalue weighted by Crippen LogP contribution is 2.32. The molecule has 2 aliphatic rings. The summed E-state index contributed by atoms with van der Waals surface area (Å²) in [4.78, 5) is 24.4. The van der Waals surface area contributed by atoms with Gasteiger partial charge in [-0.1, -0.05) is 32.4 Å². The molecule has 0 aliphatic carbocycles. The molecule has 2 amide bonds. The highest BCUT2D eigenvalue weighted by atomic mass is 16.6. The third kappa shape index (κ3) is 8.34. The maximum Gasteiger partial charge on any atom is 0.408 e. The molecule has 2 fully saturated rings. The first-order valence-corrected chi connectivity index (χ1v) is 10.9. The number of alkyl carbamates (subject to hydrolysis) is 1. The third-order valence-electron chi connectivity index (χ3n) is 5.37. The number of carbonyl (C=O) groups is 2. The van der Waals surface area contributed by atoms with Crippen molar-refractivity contribution >= 4 is 12.0 Å². The molecular formula is C22H38N3O4. The van der Waals surface area contributed by atoms with Crippen molar-refractivity contribution in [2.45, 2.75) is 109 Å². The van der Waals surface area contributed by atoms with Gasteiger partial charge >= 0.3 is 6.09 Å². The summed E-state index contributed by atoms with van der Waals surface area (Å²) < 4.78 is 5.33. The van der Waals surface area contributed by atoms with E-state index in [1.165, 1.54) is 5.06 Å². The van der Waals surface area contributed by atoms with Gasteiger partial charge in [0.05, 0.1) is 6.04 Å². The standard InChI is InChI=1S/C22H38N3O4/c1-15(2)12-16(24-21(27)29-22(3,4)5)8-6-11-20(26)23-17-13-18-9-7-10-19(14-17)25(18)28/h6,8,15-19H,7,9-14H2,1-5H3,(H,23,26)(H,24,27)/b8-6+/t16-,17?,18?,19?/m1/s1. The van der Waals surface area contributed by atoms with Crippen molar-refractivity contribution in [2.75, 3.05) is 0 Å². The summed E-state index contributed by atoms with van der Waals surface area (Å²) in [7, 11) is 0. The fraction of sp³-hybridized carbons (Fsp3) is 0.818. The van der Waals surface area contributed by atoms with Crippen molar-refractivity contribution < 1.29 is 19.5 Å². The van der Waals surface area contributed by atoms with E-state index in [0.717, 1.165) is 38.5 Å². The number of fused-ring (bicyclic) bond motifs is 2. The van der Waals surface area contributed by atoms with E-state index < -0.39 is 11.7 Å². The molecule has 0 saturated carbocycles. The van der Waals surface area contributed by atoms with Crippen LogP contribution in [0, 0.1) is 5.92 Å². The number of hydrogen-bond donors (Lipinski definition) is 2. The Balaban J connectivity index is 1.81. The fourth-order valence-electron chi connectivity index (χ4n) is 4.23. The van der Waals surface area contributed by atoms with Crippen LogP contribution in [0.25, 0.3) is 0 Å². The highest BCUT2D eigenvalue weighted by Gasteiger charge is 2.39. The second-order valence-corrected chi connectivity index (χ2v) is 9.85. The molecule has 2 N–H and O–H groups in total. The zero-order valence-corrected chi connectivity index (χ0v) is 18.6. The normalized spacial score (nSPS) is 26.4. The molecule has 0 spiro atoms. The van der Waals surface area contributed by atoms with Gasteiger partial charge in [0.1, 0.15) is 5.60 Å². The lowest BCUT2D eigenvalue weighted by Gasteiger charge is -2.43. The summed E-state index contributed by atoms with van der Waals surface area (Å²) in [6.07, 6.45) is 8.71. The first-order valence-electron chi connectivity index (χ1n) is 10.9. The van der Waals surface area contributed by atoms with Crippen molar-refractivity contribution in [2.24, 2.45) is 5.92 Å². The van der Waals surface area contributed by atoms with Crippen molar-refractivity contribution in [3.63, 3.8) is 0 Å². The third-order valence-corrected chi connectivity index (χ3v) is 5.37. The van der Waals surface area contributed by atoms with Gasteiger partial charge in [-0.05, 0) is 58.8 Å². The van der Waals surface area contributed by atoms with Gasteiger partial charge < -0.3 is 15.4 Å². The Morgan fingerprint density at radius 3 is 2.34 bits per heavy atom. The average molecular weight is 409 g/mol. The number of hydrogen-bond acceptors (Lipinski definition) is 4. The molecule has 7 heteroatoms. The van der Waals surface area contributed by atoms with Crippen LogP contribution in [0.15, 0.2) is 12.2 Å². The van der Waals surface area contributed by atoms with Gasteiger partial charge in [0.2, 0.25) is 5.91 Å². The molecule has 2 rings (SSSR count). The van der Waals surface area contributed by atoms with Gasteiger partial charge in [0.25, 0.3) is 0 Å². The van der Waals surface area contributed by atoms with Gasteiger partial charge in [-0.25, -0.2) is 4.79 Å². The van der Waals surface area contributed by atoms with E-state index in [1.54, 1.807) is 0 Å². The van der Waals surface area contributed by atoms with Gasteiger partial charge in [-0.15, -0.1) is 10.3 Å². The van der Waals surface area contributed by atoms with E-state index in [-0.39, 0.29) is 36.5 Å². The van der Waals surface area contributed by atoms with Crippen molar-refractivity contribution in [1.29, 1.82) is 0 Å². The minimum Gasteiger partial charge on any atom is -0.444 e. The Morgan fingerprint density at radius 1 is 1.17 bits per heavy atom. The molecule has 29 heavy (non-hydrogen) atoms. The summed E-state index contributed by atoms with van der Waals surface area (Å²) in [5.74, 6) is 0.356. The Hall–Kier alpha value is -1.60. The summed E-state index contributed by atoms with van der Waals surface area (Å²) in [5, 5.41) is 19.3. The second-order valence-electron chi connectivity index (χ2n) is 9.85. The molecule has 165 valence electrons. The minimum absolute atomic E-state index is 0.0377. The second kappa shape index (κ2) is 10.4. The van der Waals surface area contributed by atoms with Gasteiger partial charge in [-0.3, -0.25) is 4.79 Å². The Morgan fingerprint density at radius 2 is 1.79 bits per heavy atom. The molecular weight excluding hydrogens is 370 g/mol. The SMILES string of the molecule is CC(C)C[C@@H](/C=C/CC(=O)NC1CC2CCCC(C1)N2[O])NC(=O)OC(C)(C)C.